The zero-order chi connectivity index (χ0) is 14.4. The fourth-order valence-electron chi connectivity index (χ4n) is 4.46. The molecule has 0 spiro atoms. The molecule has 0 bridgehead atoms. The standard InChI is InChI=1S/C17H24N2O2/c1-20-15-10-12-5-9-19-14(13(12)11-16(15)21-2)6-8-18-7-3-4-17(18)19/h10-11,14,17H,3-9H2,1-2H3. The molecule has 0 aromatic heterocycles. The zero-order valence-corrected chi connectivity index (χ0v) is 13.0. The Labute approximate surface area is 126 Å². The van der Waals surface area contributed by atoms with Crippen molar-refractivity contribution < 1.29 is 9.47 Å². The van der Waals surface area contributed by atoms with Crippen LogP contribution >= 0.6 is 0 Å². The average Bonchev–Trinajstić information content (AvgIpc) is 3.01. The lowest BCUT2D eigenvalue weighted by Gasteiger charge is -2.48. The molecule has 2 saturated heterocycles. The molecule has 1 aromatic rings. The minimum absolute atomic E-state index is 0.563. The van der Waals surface area contributed by atoms with Gasteiger partial charge in [-0.1, -0.05) is 0 Å². The zero-order valence-electron chi connectivity index (χ0n) is 13.0. The molecule has 0 saturated carbocycles. The van der Waals surface area contributed by atoms with Crippen LogP contribution in [0.15, 0.2) is 12.1 Å². The highest BCUT2D eigenvalue weighted by atomic mass is 16.5. The first-order chi connectivity index (χ1) is 10.3. The van der Waals surface area contributed by atoms with Gasteiger partial charge in [0.25, 0.3) is 0 Å². The van der Waals surface area contributed by atoms with Crippen LogP contribution in [0.2, 0.25) is 0 Å². The molecule has 3 aliphatic heterocycles. The van der Waals surface area contributed by atoms with Crippen molar-refractivity contribution in [2.24, 2.45) is 0 Å². The van der Waals surface area contributed by atoms with Crippen LogP contribution in [0.3, 0.4) is 0 Å². The minimum atomic E-state index is 0.563. The Bertz CT molecular complexity index is 546. The Morgan fingerprint density at radius 1 is 1.00 bits per heavy atom. The van der Waals surface area contributed by atoms with Gasteiger partial charge in [0.05, 0.1) is 20.4 Å². The van der Waals surface area contributed by atoms with Crippen LogP contribution in [0.5, 0.6) is 11.5 Å². The molecule has 0 amide bonds. The summed E-state index contributed by atoms with van der Waals surface area (Å²) in [6, 6.07) is 4.97. The molecule has 0 aliphatic carbocycles. The van der Waals surface area contributed by atoms with Crippen LogP contribution in [0.1, 0.15) is 36.4 Å². The highest BCUT2D eigenvalue weighted by molar-refractivity contribution is 5.49. The fraction of sp³-hybridized carbons (Fsp3) is 0.647. The molecule has 3 aliphatic rings. The number of methoxy groups -OCH3 is 2. The Morgan fingerprint density at radius 3 is 2.62 bits per heavy atom. The predicted octanol–water partition coefficient (Wildman–Crippen LogP) is 2.43. The number of hydrogen-bond donors (Lipinski definition) is 0. The molecular formula is C17H24N2O2. The van der Waals surface area contributed by atoms with Gasteiger partial charge in [-0.3, -0.25) is 9.80 Å². The maximum atomic E-state index is 5.51. The van der Waals surface area contributed by atoms with Gasteiger partial charge in [0, 0.05) is 19.1 Å². The second kappa shape index (κ2) is 5.18. The molecule has 1 aromatic carbocycles. The molecule has 2 fully saturated rings. The van der Waals surface area contributed by atoms with Crippen LogP contribution in [-0.4, -0.2) is 49.8 Å². The Kier molecular flexibility index (Phi) is 3.31. The van der Waals surface area contributed by atoms with Gasteiger partial charge < -0.3 is 9.47 Å². The van der Waals surface area contributed by atoms with E-state index in [1.165, 1.54) is 50.0 Å². The van der Waals surface area contributed by atoms with E-state index in [0.717, 1.165) is 17.9 Å². The third-order valence-electron chi connectivity index (χ3n) is 5.45. The van der Waals surface area contributed by atoms with E-state index in [2.05, 4.69) is 21.9 Å². The SMILES string of the molecule is COc1cc2c(cc1OC)C1CCN3CCCC3N1CC2. The van der Waals surface area contributed by atoms with Gasteiger partial charge in [0.1, 0.15) is 0 Å². The van der Waals surface area contributed by atoms with E-state index >= 15 is 0 Å². The summed E-state index contributed by atoms with van der Waals surface area (Å²) in [6.07, 6.45) is 5.71. The third-order valence-corrected chi connectivity index (χ3v) is 5.45. The first-order valence-corrected chi connectivity index (χ1v) is 8.06. The lowest BCUT2D eigenvalue weighted by Crippen LogP contribution is -2.53. The van der Waals surface area contributed by atoms with Crippen molar-refractivity contribution in [3.63, 3.8) is 0 Å². The molecule has 2 atom stereocenters. The highest BCUT2D eigenvalue weighted by Gasteiger charge is 2.41. The van der Waals surface area contributed by atoms with Crippen LogP contribution < -0.4 is 9.47 Å². The summed E-state index contributed by atoms with van der Waals surface area (Å²) >= 11 is 0. The Morgan fingerprint density at radius 2 is 1.81 bits per heavy atom. The molecular weight excluding hydrogens is 264 g/mol. The van der Waals surface area contributed by atoms with E-state index in [9.17, 15) is 0 Å². The van der Waals surface area contributed by atoms with E-state index in [1.807, 2.05) is 0 Å². The molecule has 114 valence electrons. The molecule has 4 nitrogen and oxygen atoms in total. The smallest absolute Gasteiger partial charge is 0.161 e. The molecule has 0 N–H and O–H groups in total. The topological polar surface area (TPSA) is 24.9 Å². The average molecular weight is 288 g/mol. The summed E-state index contributed by atoms with van der Waals surface area (Å²) in [6.45, 7) is 3.70. The maximum absolute atomic E-state index is 5.51. The van der Waals surface area contributed by atoms with E-state index in [0.29, 0.717) is 12.2 Å². The molecule has 4 rings (SSSR count). The van der Waals surface area contributed by atoms with Crippen LogP contribution in [0.25, 0.3) is 0 Å². The number of fused-ring (bicyclic) bond motifs is 5. The number of hydrogen-bond acceptors (Lipinski definition) is 4. The molecule has 4 heteroatoms. The van der Waals surface area contributed by atoms with Crippen molar-refractivity contribution in [1.29, 1.82) is 0 Å². The van der Waals surface area contributed by atoms with Crippen molar-refractivity contribution in [3.8, 4) is 11.5 Å². The van der Waals surface area contributed by atoms with Gasteiger partial charge >= 0.3 is 0 Å². The monoisotopic (exact) mass is 288 g/mol. The van der Waals surface area contributed by atoms with Crippen LogP contribution in [-0.2, 0) is 6.42 Å². The summed E-state index contributed by atoms with van der Waals surface area (Å²) in [5.74, 6) is 1.73. The van der Waals surface area contributed by atoms with Gasteiger partial charge in [0.15, 0.2) is 11.5 Å². The highest BCUT2D eigenvalue weighted by Crippen LogP contribution is 2.43. The predicted molar refractivity (Wildman–Crippen MR) is 81.9 cm³/mol. The number of benzene rings is 1. The second-order valence-electron chi connectivity index (χ2n) is 6.36. The van der Waals surface area contributed by atoms with Gasteiger partial charge in [0.2, 0.25) is 0 Å². The molecule has 0 radical (unpaired) electrons. The second-order valence-corrected chi connectivity index (χ2v) is 6.36. The van der Waals surface area contributed by atoms with Crippen molar-refractivity contribution in [3.05, 3.63) is 23.3 Å². The van der Waals surface area contributed by atoms with E-state index in [1.54, 1.807) is 14.2 Å². The first kappa shape index (κ1) is 13.4. The summed E-state index contributed by atoms with van der Waals surface area (Å²) in [7, 11) is 3.45. The third kappa shape index (κ3) is 2.04. The quantitative estimate of drug-likeness (QED) is 0.834. The summed E-state index contributed by atoms with van der Waals surface area (Å²) in [4.78, 5) is 5.40. The van der Waals surface area contributed by atoms with Gasteiger partial charge in [-0.15, -0.1) is 0 Å². The Balaban J connectivity index is 1.72. The lowest BCUT2D eigenvalue weighted by molar-refractivity contribution is -0.0151. The van der Waals surface area contributed by atoms with E-state index in [-0.39, 0.29) is 0 Å². The maximum Gasteiger partial charge on any atom is 0.161 e. The van der Waals surface area contributed by atoms with Crippen molar-refractivity contribution in [1.82, 2.24) is 9.80 Å². The summed E-state index contributed by atoms with van der Waals surface area (Å²) in [5.41, 5.74) is 2.91. The minimum Gasteiger partial charge on any atom is -0.493 e. The first-order valence-electron chi connectivity index (χ1n) is 8.06. The fourth-order valence-corrected chi connectivity index (χ4v) is 4.46. The summed E-state index contributed by atoms with van der Waals surface area (Å²) < 4.78 is 11.0. The van der Waals surface area contributed by atoms with Crippen LogP contribution in [0.4, 0.5) is 0 Å². The van der Waals surface area contributed by atoms with Gasteiger partial charge in [-0.05, 0) is 55.5 Å². The molecule has 3 heterocycles. The largest absolute Gasteiger partial charge is 0.493 e. The Hall–Kier alpha value is -1.26. The normalized spacial score (nSPS) is 28.7. The van der Waals surface area contributed by atoms with Crippen LogP contribution in [0, 0.1) is 0 Å². The number of nitrogens with zero attached hydrogens (tertiary/aromatic N) is 2. The number of ether oxygens (including phenoxy) is 2. The molecule has 2 unspecified atom stereocenters. The van der Waals surface area contributed by atoms with Gasteiger partial charge in [-0.2, -0.15) is 0 Å². The van der Waals surface area contributed by atoms with Crippen molar-refractivity contribution in [2.75, 3.05) is 33.9 Å². The summed E-state index contributed by atoms with van der Waals surface area (Å²) in [5, 5.41) is 0. The molecule has 21 heavy (non-hydrogen) atoms. The van der Waals surface area contributed by atoms with Crippen molar-refractivity contribution >= 4 is 0 Å². The van der Waals surface area contributed by atoms with Gasteiger partial charge in [-0.25, -0.2) is 0 Å². The van der Waals surface area contributed by atoms with E-state index in [4.69, 9.17) is 9.47 Å². The number of rotatable bonds is 2. The van der Waals surface area contributed by atoms with Crippen molar-refractivity contribution in [2.45, 2.75) is 37.9 Å². The lowest BCUT2D eigenvalue weighted by atomic mass is 9.88. The van der Waals surface area contributed by atoms with E-state index < -0.39 is 0 Å².